The molecular formula is C41H54N2O3. The van der Waals surface area contributed by atoms with E-state index < -0.39 is 0 Å². The summed E-state index contributed by atoms with van der Waals surface area (Å²) in [7, 11) is 5.16. The van der Waals surface area contributed by atoms with E-state index in [2.05, 4.69) is 95.1 Å². The SMILES string of the molecule is COc1cccc(CCc2c(CCNCCCCCCN(CCc3ccccc3)CCc3ccccc3)ccc(OC)c2OC)c1. The Morgan fingerprint density at radius 2 is 1.20 bits per heavy atom. The fourth-order valence-electron chi connectivity index (χ4n) is 6.12. The van der Waals surface area contributed by atoms with Crippen LogP contribution in [0.25, 0.3) is 0 Å². The standard InChI is InChI=1S/C41H54N2O3/c1-44-38-20-14-19-36(33-38)21-23-39-37(22-24-40(45-2)41(39)46-3)25-29-42-28-12-4-5-13-30-43(31-26-34-15-8-6-9-16-34)32-27-35-17-10-7-11-18-35/h6-11,14-20,22,24,33,42H,4-5,12-13,21,23,25-32H2,1-3H3. The van der Waals surface area contributed by atoms with Gasteiger partial charge in [0.15, 0.2) is 11.5 Å². The number of nitrogens with zero attached hydrogens (tertiary/aromatic N) is 1. The summed E-state index contributed by atoms with van der Waals surface area (Å²) >= 11 is 0. The summed E-state index contributed by atoms with van der Waals surface area (Å²) in [6, 6.07) is 34.3. The van der Waals surface area contributed by atoms with Crippen LogP contribution in [0.1, 0.15) is 53.5 Å². The van der Waals surface area contributed by atoms with Crippen LogP contribution in [0.5, 0.6) is 17.2 Å². The van der Waals surface area contributed by atoms with Crippen molar-refractivity contribution in [1.29, 1.82) is 0 Å². The Labute approximate surface area is 277 Å². The number of hydrogen-bond donors (Lipinski definition) is 1. The van der Waals surface area contributed by atoms with Crippen molar-refractivity contribution in [3.63, 3.8) is 0 Å². The molecule has 0 aliphatic rings. The molecule has 0 aromatic heterocycles. The van der Waals surface area contributed by atoms with Crippen LogP contribution in [0.2, 0.25) is 0 Å². The van der Waals surface area contributed by atoms with Crippen LogP contribution in [0.15, 0.2) is 97.1 Å². The molecule has 0 bridgehead atoms. The fourth-order valence-corrected chi connectivity index (χ4v) is 6.12. The van der Waals surface area contributed by atoms with Crippen LogP contribution in [0, 0.1) is 0 Å². The molecule has 4 aromatic carbocycles. The second kappa shape index (κ2) is 20.3. The minimum atomic E-state index is 0.790. The summed E-state index contributed by atoms with van der Waals surface area (Å²) in [6.45, 7) is 5.42. The summed E-state index contributed by atoms with van der Waals surface area (Å²) in [5.74, 6) is 2.53. The van der Waals surface area contributed by atoms with Crippen LogP contribution >= 0.6 is 0 Å². The molecule has 0 saturated carbocycles. The second-order valence-electron chi connectivity index (χ2n) is 12.0. The smallest absolute Gasteiger partial charge is 0.164 e. The lowest BCUT2D eigenvalue weighted by Gasteiger charge is -2.22. The number of methoxy groups -OCH3 is 3. The lowest BCUT2D eigenvalue weighted by molar-refractivity contribution is 0.273. The molecule has 1 N–H and O–H groups in total. The number of aryl methyl sites for hydroxylation is 1. The topological polar surface area (TPSA) is 43.0 Å². The van der Waals surface area contributed by atoms with Gasteiger partial charge in [0.1, 0.15) is 5.75 Å². The summed E-state index contributed by atoms with van der Waals surface area (Å²) in [4.78, 5) is 2.66. The Balaban J connectivity index is 1.18. The highest BCUT2D eigenvalue weighted by atomic mass is 16.5. The van der Waals surface area contributed by atoms with Gasteiger partial charge in [-0.25, -0.2) is 0 Å². The van der Waals surface area contributed by atoms with Crippen molar-refractivity contribution >= 4 is 0 Å². The summed E-state index contributed by atoms with van der Waals surface area (Å²) in [5, 5.41) is 3.69. The summed E-state index contributed by atoms with van der Waals surface area (Å²) < 4.78 is 16.9. The highest BCUT2D eigenvalue weighted by Crippen LogP contribution is 2.35. The molecular weight excluding hydrogens is 568 g/mol. The molecule has 46 heavy (non-hydrogen) atoms. The average molecular weight is 623 g/mol. The molecule has 0 unspecified atom stereocenters. The van der Waals surface area contributed by atoms with E-state index in [1.807, 2.05) is 12.1 Å². The van der Waals surface area contributed by atoms with Crippen molar-refractivity contribution in [2.75, 3.05) is 54.1 Å². The van der Waals surface area contributed by atoms with E-state index in [1.165, 1.54) is 60.0 Å². The largest absolute Gasteiger partial charge is 0.497 e. The number of hydrogen-bond acceptors (Lipinski definition) is 5. The van der Waals surface area contributed by atoms with E-state index >= 15 is 0 Å². The first-order chi connectivity index (χ1) is 22.7. The Morgan fingerprint density at radius 1 is 0.522 bits per heavy atom. The molecule has 246 valence electrons. The van der Waals surface area contributed by atoms with E-state index in [9.17, 15) is 0 Å². The Bertz CT molecular complexity index is 1350. The van der Waals surface area contributed by atoms with Crippen molar-refractivity contribution in [3.05, 3.63) is 125 Å². The third-order valence-corrected chi connectivity index (χ3v) is 8.81. The first kappa shape index (κ1) is 35.1. The van der Waals surface area contributed by atoms with E-state index in [0.717, 1.165) is 75.5 Å². The summed E-state index contributed by atoms with van der Waals surface area (Å²) in [6.07, 6.45) is 10.00. The molecule has 0 atom stereocenters. The number of nitrogens with one attached hydrogen (secondary N) is 1. The van der Waals surface area contributed by atoms with Gasteiger partial charge < -0.3 is 24.4 Å². The normalized spacial score (nSPS) is 11.1. The predicted molar refractivity (Wildman–Crippen MR) is 192 cm³/mol. The molecule has 0 aliphatic carbocycles. The van der Waals surface area contributed by atoms with E-state index in [0.29, 0.717) is 0 Å². The molecule has 0 heterocycles. The Morgan fingerprint density at radius 3 is 1.85 bits per heavy atom. The third kappa shape index (κ3) is 11.9. The maximum Gasteiger partial charge on any atom is 0.164 e. The Kier molecular flexibility index (Phi) is 15.5. The first-order valence-corrected chi connectivity index (χ1v) is 17.1. The average Bonchev–Trinajstić information content (AvgIpc) is 3.11. The van der Waals surface area contributed by atoms with Crippen LogP contribution in [-0.2, 0) is 32.1 Å². The van der Waals surface area contributed by atoms with Crippen LogP contribution in [0.4, 0.5) is 0 Å². The van der Waals surface area contributed by atoms with Crippen molar-refractivity contribution in [1.82, 2.24) is 10.2 Å². The van der Waals surface area contributed by atoms with Gasteiger partial charge in [0.2, 0.25) is 0 Å². The van der Waals surface area contributed by atoms with Crippen molar-refractivity contribution < 1.29 is 14.2 Å². The monoisotopic (exact) mass is 622 g/mol. The van der Waals surface area contributed by atoms with Gasteiger partial charge >= 0.3 is 0 Å². The van der Waals surface area contributed by atoms with Crippen LogP contribution in [0.3, 0.4) is 0 Å². The van der Waals surface area contributed by atoms with Gasteiger partial charge in [-0.1, -0.05) is 91.7 Å². The molecule has 0 fully saturated rings. The zero-order chi connectivity index (χ0) is 32.2. The zero-order valence-corrected chi connectivity index (χ0v) is 28.3. The molecule has 0 spiro atoms. The van der Waals surface area contributed by atoms with Gasteiger partial charge in [-0.3, -0.25) is 0 Å². The van der Waals surface area contributed by atoms with Gasteiger partial charge in [-0.05, 0) is 105 Å². The third-order valence-electron chi connectivity index (χ3n) is 8.81. The molecule has 0 saturated heterocycles. The van der Waals surface area contributed by atoms with Crippen LogP contribution in [-0.4, -0.2) is 59.0 Å². The van der Waals surface area contributed by atoms with Gasteiger partial charge in [-0.2, -0.15) is 0 Å². The molecule has 0 amide bonds. The van der Waals surface area contributed by atoms with Crippen molar-refractivity contribution in [2.45, 2.75) is 57.8 Å². The minimum absolute atomic E-state index is 0.790. The molecule has 0 aliphatic heterocycles. The predicted octanol–water partition coefficient (Wildman–Crippen LogP) is 7.98. The summed E-state index contributed by atoms with van der Waals surface area (Å²) in [5.41, 5.74) is 6.66. The molecule has 4 rings (SSSR count). The molecule has 5 nitrogen and oxygen atoms in total. The van der Waals surface area contributed by atoms with Crippen molar-refractivity contribution in [3.8, 4) is 17.2 Å². The molecule has 5 heteroatoms. The van der Waals surface area contributed by atoms with Crippen molar-refractivity contribution in [2.24, 2.45) is 0 Å². The maximum absolute atomic E-state index is 5.84. The van der Waals surface area contributed by atoms with Gasteiger partial charge in [0.05, 0.1) is 21.3 Å². The quantitative estimate of drug-likeness (QED) is 0.0901. The fraction of sp³-hybridized carbons (Fsp3) is 0.415. The maximum atomic E-state index is 5.84. The molecule has 0 radical (unpaired) electrons. The second-order valence-corrected chi connectivity index (χ2v) is 12.0. The van der Waals surface area contributed by atoms with Gasteiger partial charge in [0, 0.05) is 18.7 Å². The number of rotatable bonds is 22. The van der Waals surface area contributed by atoms with E-state index in [1.54, 1.807) is 21.3 Å². The lowest BCUT2D eigenvalue weighted by Crippen LogP contribution is -2.29. The first-order valence-electron chi connectivity index (χ1n) is 17.1. The van der Waals surface area contributed by atoms with Crippen LogP contribution < -0.4 is 19.5 Å². The number of unbranched alkanes of at least 4 members (excludes halogenated alkanes) is 3. The molecule has 4 aromatic rings. The highest BCUT2D eigenvalue weighted by Gasteiger charge is 2.15. The number of benzene rings is 4. The highest BCUT2D eigenvalue weighted by molar-refractivity contribution is 5.51. The minimum Gasteiger partial charge on any atom is -0.497 e. The Hall–Kier alpha value is -3.80. The van der Waals surface area contributed by atoms with E-state index in [-0.39, 0.29) is 0 Å². The lowest BCUT2D eigenvalue weighted by atomic mass is 9.96. The zero-order valence-electron chi connectivity index (χ0n) is 28.3. The van der Waals surface area contributed by atoms with Gasteiger partial charge in [0.25, 0.3) is 0 Å². The van der Waals surface area contributed by atoms with E-state index in [4.69, 9.17) is 14.2 Å². The number of ether oxygens (including phenoxy) is 3. The van der Waals surface area contributed by atoms with Gasteiger partial charge in [-0.15, -0.1) is 0 Å².